The van der Waals surface area contributed by atoms with Crippen LogP contribution in [0, 0.1) is 20.8 Å². The van der Waals surface area contributed by atoms with E-state index in [0.717, 1.165) is 49.6 Å². The molecule has 6 heterocycles. The number of aromatic nitrogens is 3. The zero-order chi connectivity index (χ0) is 83.2. The van der Waals surface area contributed by atoms with Crippen LogP contribution in [0.25, 0.3) is 32.7 Å². The van der Waals surface area contributed by atoms with Gasteiger partial charge >= 0.3 is 47.5 Å². The molecule has 9 aromatic rings. The number of aromatic amines is 1. The number of carbonyl (C=O) groups is 6. The van der Waals surface area contributed by atoms with Crippen molar-refractivity contribution in [2.75, 3.05) is 203 Å². The number of hydrogen-bond acceptors (Lipinski definition) is 22. The second-order valence-corrected chi connectivity index (χ2v) is 29.0. The van der Waals surface area contributed by atoms with Crippen molar-refractivity contribution in [1.82, 2.24) is 43.9 Å². The van der Waals surface area contributed by atoms with E-state index >= 15 is 0 Å². The first kappa shape index (κ1) is 93.6. The van der Waals surface area contributed by atoms with Crippen molar-refractivity contribution >= 4 is 85.4 Å². The number of anilines is 3. The van der Waals surface area contributed by atoms with E-state index in [9.17, 15) is 38.4 Å². The van der Waals surface area contributed by atoms with Crippen LogP contribution in [-0.4, -0.2) is 268 Å². The molecule has 3 aromatic heterocycles. The first-order chi connectivity index (χ1) is 55.3. The number of ether oxygens (including phenoxy) is 7. The topological polar surface area (TPSA) is 264 Å². The quantitative estimate of drug-likeness (QED) is 0.0338. The molecule has 3 saturated heterocycles. The van der Waals surface area contributed by atoms with Crippen LogP contribution in [0.3, 0.4) is 0 Å². The van der Waals surface area contributed by atoms with Crippen molar-refractivity contribution in [3.8, 4) is 23.1 Å². The van der Waals surface area contributed by atoms with Gasteiger partial charge in [0.25, 0.3) is 28.8 Å². The summed E-state index contributed by atoms with van der Waals surface area (Å²) in [5, 5.41) is 2.48. The Balaban J connectivity index is 0.000000262. The van der Waals surface area contributed by atoms with Gasteiger partial charge in [-0.1, -0.05) is 49.2 Å². The van der Waals surface area contributed by atoms with Gasteiger partial charge in [0.1, 0.15) is 40.5 Å². The summed E-state index contributed by atoms with van der Waals surface area (Å²) in [4.78, 5) is 130. The van der Waals surface area contributed by atoms with Crippen LogP contribution < -0.4 is 74.3 Å². The van der Waals surface area contributed by atoms with Crippen molar-refractivity contribution in [1.29, 1.82) is 0 Å². The first-order valence-corrected chi connectivity index (χ1v) is 39.2. The van der Waals surface area contributed by atoms with Gasteiger partial charge in [0, 0.05) is 131 Å². The summed E-state index contributed by atoms with van der Waals surface area (Å²) in [5.41, 5.74) is 8.54. The predicted octanol–water partition coefficient (Wildman–Crippen LogP) is 8.35. The number of likely N-dealkylation sites (N-methyl/N-ethyl adjacent to an activating group) is 2. The summed E-state index contributed by atoms with van der Waals surface area (Å²) in [6.07, 6.45) is 1.26. The number of hydrogen-bond donors (Lipinski definition) is 1. The average molecular weight is 1620 g/mol. The van der Waals surface area contributed by atoms with Gasteiger partial charge in [-0.25, -0.2) is 19.4 Å². The van der Waals surface area contributed by atoms with Crippen molar-refractivity contribution in [2.24, 2.45) is 0 Å². The zero-order valence-electron chi connectivity index (χ0n) is 71.5. The smallest absolute Gasteiger partial charge is 1.00 e. The number of pyridine rings is 3. The fourth-order valence-electron chi connectivity index (χ4n) is 14.0. The van der Waals surface area contributed by atoms with Crippen LogP contribution >= 0.6 is 0 Å². The van der Waals surface area contributed by atoms with Crippen molar-refractivity contribution < 1.29 is 92.9 Å². The molecule has 117 heavy (non-hydrogen) atoms. The van der Waals surface area contributed by atoms with Gasteiger partial charge in [0.05, 0.1) is 74.8 Å². The van der Waals surface area contributed by atoms with Crippen LogP contribution in [0.2, 0.25) is 0 Å². The van der Waals surface area contributed by atoms with Crippen molar-refractivity contribution in [2.45, 2.75) is 68.9 Å². The van der Waals surface area contributed by atoms with E-state index < -0.39 is 23.5 Å². The molecule has 624 valence electrons. The fourth-order valence-corrected chi connectivity index (χ4v) is 14.0. The molecule has 12 rings (SSSR count). The minimum Gasteiger partial charge on any atom is -1.00 e. The SMILES string of the molecule is C.CCCN(C)C.CCOC(=O)c1c(N2CCN(C(=O)c3ccc(OC)cc3)CC2)c2cc(C)ccc2[nH]c1=O.CCOC(=O)c1c(N2CCN(C(=O)c3ccc(OC)cc3)CC2)c2cc(C)ccc2n(CCN(C)C)c1=O.CCOC(=O)c1c(OCCN(C)C)nc2ccc(C)cc2c1N1CCN(C(=O)c2ccc(OC)cc2)CC1.[H-].[Na+]. The predicted molar refractivity (Wildman–Crippen MR) is 459 cm³/mol. The monoisotopic (exact) mass is 1620 g/mol. The van der Waals surface area contributed by atoms with Crippen LogP contribution in [0.4, 0.5) is 17.1 Å². The van der Waals surface area contributed by atoms with E-state index in [-0.39, 0.29) is 98.5 Å². The standard InChI is InChI=1S/2C29H36N4O5.C25H27N3O5.C5H13N.CH4.Na.H/c1-6-38-29(36)25-26(23-19-20(2)7-12-24(23)33(28(25)35)18-13-30(3)4)31-14-16-32(17-15-31)27(34)21-8-10-22(37-5)11-9-21;1-6-37-29(35)25-26(23-19-20(2)7-12-24(23)30-27(25)38-18-17-31(3)4)32-13-15-33(16-14-32)28(34)21-8-10-22(36-5)11-9-21;1-4-33-25(31)21-22(19-15-16(2)5-10-20(19)26-23(21)29)27-11-13-28(14-12-27)24(30)17-6-8-18(32-3)9-7-17;1-4-5-6(2)3;;;/h2*7-12,19H,6,13-18H2,1-5H3;5-10,15H,4,11-14H2,1-3H3,(H,26,29);4-5H2,1-3H3;1H4;;/q;;;;;+1;-1. The Bertz CT molecular complexity index is 4980. The number of amides is 3. The Morgan fingerprint density at radius 2 is 0.812 bits per heavy atom. The molecule has 3 amide bonds. The number of nitrogens with one attached hydrogen (secondary N) is 1. The second kappa shape index (κ2) is 44.7. The number of rotatable bonds is 24. The summed E-state index contributed by atoms with van der Waals surface area (Å²) in [6, 6.07) is 38.9. The maximum absolute atomic E-state index is 13.8. The Kier molecular flexibility index (Phi) is 35.8. The van der Waals surface area contributed by atoms with Gasteiger partial charge in [-0.2, -0.15) is 0 Å². The van der Waals surface area contributed by atoms with Gasteiger partial charge in [0.2, 0.25) is 5.88 Å². The van der Waals surface area contributed by atoms with E-state index in [4.69, 9.17) is 38.1 Å². The summed E-state index contributed by atoms with van der Waals surface area (Å²) in [6.45, 7) is 23.3. The Labute approximate surface area is 711 Å². The minimum atomic E-state index is -0.645. The first-order valence-electron chi connectivity index (χ1n) is 39.2. The molecule has 0 unspecified atom stereocenters. The van der Waals surface area contributed by atoms with Crippen LogP contribution in [0.5, 0.6) is 23.1 Å². The minimum absolute atomic E-state index is 0. The molecule has 0 aliphatic carbocycles. The third-order valence-electron chi connectivity index (χ3n) is 19.9. The molecule has 0 saturated carbocycles. The summed E-state index contributed by atoms with van der Waals surface area (Å²) in [5.74, 6) is 0.498. The maximum atomic E-state index is 13.8. The molecule has 0 atom stereocenters. The van der Waals surface area contributed by atoms with E-state index in [1.807, 2.05) is 128 Å². The van der Waals surface area contributed by atoms with Crippen LogP contribution in [0.1, 0.15) is 122 Å². The molecule has 3 fully saturated rings. The Morgan fingerprint density at radius 1 is 0.444 bits per heavy atom. The number of esters is 3. The average Bonchev–Trinajstić information content (AvgIpc) is 0.828. The molecule has 3 aliphatic heterocycles. The largest absolute Gasteiger partial charge is 1.00 e. The number of piperazine rings is 3. The number of methoxy groups -OCH3 is 3. The third-order valence-corrected chi connectivity index (χ3v) is 19.9. The molecule has 1 N–H and O–H groups in total. The molecular weight excluding hydrogens is 1500 g/mol. The second-order valence-electron chi connectivity index (χ2n) is 29.0. The maximum Gasteiger partial charge on any atom is 1.00 e. The number of fused-ring (bicyclic) bond motifs is 3. The van der Waals surface area contributed by atoms with Crippen molar-refractivity contribution in [3.05, 3.63) is 198 Å². The fraction of sp³-hybridized carbons (Fsp3) is 0.427. The van der Waals surface area contributed by atoms with Crippen LogP contribution in [-0.2, 0) is 20.8 Å². The molecule has 0 spiro atoms. The summed E-state index contributed by atoms with van der Waals surface area (Å²) in [7, 11) is 16.8. The number of H-pyrrole nitrogens is 1. The van der Waals surface area contributed by atoms with Gasteiger partial charge in [-0.3, -0.25) is 24.0 Å². The van der Waals surface area contributed by atoms with Gasteiger partial charge in [-0.05, 0) is 206 Å². The molecule has 0 radical (unpaired) electrons. The molecular formula is C89H117N12NaO15. The number of carbonyl (C=O) groups excluding carboxylic acids is 6. The van der Waals surface area contributed by atoms with E-state index in [0.29, 0.717) is 161 Å². The van der Waals surface area contributed by atoms with E-state index in [2.05, 4.69) is 35.8 Å². The number of aryl methyl sites for hydroxylation is 3. The molecule has 27 nitrogen and oxygen atoms in total. The number of nitrogens with zero attached hydrogens (tertiary/aromatic N) is 11. The van der Waals surface area contributed by atoms with Gasteiger partial charge < -0.3 is 88.2 Å². The molecule has 6 aromatic carbocycles. The summed E-state index contributed by atoms with van der Waals surface area (Å²) >= 11 is 0. The Hall–Kier alpha value is -10.6. The zero-order valence-corrected chi connectivity index (χ0v) is 72.5. The van der Waals surface area contributed by atoms with E-state index in [1.54, 1.807) is 129 Å². The van der Waals surface area contributed by atoms with Crippen molar-refractivity contribution in [3.63, 3.8) is 0 Å². The van der Waals surface area contributed by atoms with Gasteiger partial charge in [0.15, 0.2) is 0 Å². The third kappa shape index (κ3) is 23.9. The normalized spacial score (nSPS) is 13.3. The van der Waals surface area contributed by atoms with Crippen LogP contribution in [0.15, 0.2) is 137 Å². The number of benzene rings is 6. The van der Waals surface area contributed by atoms with E-state index in [1.165, 1.54) is 13.0 Å². The molecule has 28 heteroatoms. The van der Waals surface area contributed by atoms with Gasteiger partial charge in [-0.15, -0.1) is 0 Å². The molecule has 3 aliphatic rings. The summed E-state index contributed by atoms with van der Waals surface area (Å²) < 4.78 is 39.3. The Morgan fingerprint density at radius 3 is 1.21 bits per heavy atom. The molecule has 0 bridgehead atoms.